The van der Waals surface area contributed by atoms with Crippen molar-refractivity contribution in [1.29, 1.82) is 0 Å². The summed E-state index contributed by atoms with van der Waals surface area (Å²) in [6.45, 7) is 1.82. The molecule has 0 unspecified atom stereocenters. The first kappa shape index (κ1) is 10.9. The SMILES string of the molecule is CCC(=O)Nc1cnc(OC)nc1C1CC1. The third kappa shape index (κ3) is 2.29. The van der Waals surface area contributed by atoms with Crippen molar-refractivity contribution in [1.82, 2.24) is 9.97 Å². The van der Waals surface area contributed by atoms with E-state index in [4.69, 9.17) is 4.74 Å². The molecule has 1 saturated carbocycles. The van der Waals surface area contributed by atoms with E-state index in [1.807, 2.05) is 6.92 Å². The molecular formula is C11H15N3O2. The fraction of sp³-hybridized carbons (Fsp3) is 0.545. The van der Waals surface area contributed by atoms with Gasteiger partial charge in [-0.1, -0.05) is 6.92 Å². The van der Waals surface area contributed by atoms with Crippen molar-refractivity contribution >= 4 is 11.6 Å². The Hall–Kier alpha value is -1.65. The van der Waals surface area contributed by atoms with Crippen LogP contribution in [0.2, 0.25) is 0 Å². The predicted molar refractivity (Wildman–Crippen MR) is 59.5 cm³/mol. The van der Waals surface area contributed by atoms with Gasteiger partial charge in [-0.05, 0) is 12.8 Å². The number of ether oxygens (including phenoxy) is 1. The minimum absolute atomic E-state index is 0.0179. The van der Waals surface area contributed by atoms with Crippen LogP contribution in [0.4, 0.5) is 5.69 Å². The van der Waals surface area contributed by atoms with E-state index in [0.717, 1.165) is 24.2 Å². The van der Waals surface area contributed by atoms with E-state index in [1.54, 1.807) is 6.20 Å². The summed E-state index contributed by atoms with van der Waals surface area (Å²) in [6.07, 6.45) is 4.31. The van der Waals surface area contributed by atoms with Crippen LogP contribution in [0.1, 0.15) is 37.8 Å². The van der Waals surface area contributed by atoms with Crippen molar-refractivity contribution in [2.24, 2.45) is 0 Å². The molecule has 86 valence electrons. The van der Waals surface area contributed by atoms with Gasteiger partial charge in [0.05, 0.1) is 24.7 Å². The molecule has 1 N–H and O–H groups in total. The number of amides is 1. The standard InChI is InChI=1S/C11H15N3O2/c1-3-9(15)13-8-6-12-11(16-2)14-10(8)7-4-5-7/h6-7H,3-5H2,1-2H3,(H,13,15). The summed E-state index contributed by atoms with van der Waals surface area (Å²) >= 11 is 0. The Morgan fingerprint density at radius 3 is 2.94 bits per heavy atom. The number of rotatable bonds is 4. The summed E-state index contributed by atoms with van der Waals surface area (Å²) < 4.78 is 4.98. The van der Waals surface area contributed by atoms with Gasteiger partial charge in [-0.15, -0.1) is 0 Å². The van der Waals surface area contributed by atoms with Crippen molar-refractivity contribution in [3.8, 4) is 6.01 Å². The van der Waals surface area contributed by atoms with Gasteiger partial charge < -0.3 is 10.1 Å². The van der Waals surface area contributed by atoms with Gasteiger partial charge in [0.25, 0.3) is 0 Å². The lowest BCUT2D eigenvalue weighted by atomic mass is 10.2. The van der Waals surface area contributed by atoms with E-state index in [9.17, 15) is 4.79 Å². The molecule has 0 atom stereocenters. The van der Waals surface area contributed by atoms with E-state index >= 15 is 0 Å². The molecule has 1 aromatic rings. The molecule has 0 bridgehead atoms. The monoisotopic (exact) mass is 221 g/mol. The van der Waals surface area contributed by atoms with E-state index in [1.165, 1.54) is 7.11 Å². The molecule has 1 aromatic heterocycles. The summed E-state index contributed by atoms with van der Waals surface area (Å²) in [5.74, 6) is 0.430. The zero-order chi connectivity index (χ0) is 11.5. The molecule has 16 heavy (non-hydrogen) atoms. The molecule has 1 heterocycles. The fourth-order valence-corrected chi connectivity index (χ4v) is 1.48. The van der Waals surface area contributed by atoms with Crippen LogP contribution in [0.5, 0.6) is 6.01 Å². The molecule has 0 radical (unpaired) electrons. The van der Waals surface area contributed by atoms with Crippen molar-refractivity contribution in [2.45, 2.75) is 32.1 Å². The van der Waals surface area contributed by atoms with Crippen molar-refractivity contribution in [3.05, 3.63) is 11.9 Å². The van der Waals surface area contributed by atoms with E-state index < -0.39 is 0 Å². The van der Waals surface area contributed by atoms with Crippen molar-refractivity contribution < 1.29 is 9.53 Å². The second kappa shape index (κ2) is 4.47. The summed E-state index contributed by atoms with van der Waals surface area (Å²) in [5, 5.41) is 2.81. The van der Waals surface area contributed by atoms with Crippen LogP contribution < -0.4 is 10.1 Å². The number of hydrogen-bond donors (Lipinski definition) is 1. The summed E-state index contributed by atoms with van der Waals surface area (Å²) in [7, 11) is 1.54. The molecular weight excluding hydrogens is 206 g/mol. The number of carbonyl (C=O) groups excluding carboxylic acids is 1. The molecule has 5 nitrogen and oxygen atoms in total. The fourth-order valence-electron chi connectivity index (χ4n) is 1.48. The molecule has 0 aromatic carbocycles. The molecule has 1 aliphatic rings. The van der Waals surface area contributed by atoms with Crippen LogP contribution in [0.15, 0.2) is 6.20 Å². The Kier molecular flexibility index (Phi) is 3.03. The quantitative estimate of drug-likeness (QED) is 0.840. The largest absolute Gasteiger partial charge is 0.467 e. The van der Waals surface area contributed by atoms with Gasteiger partial charge in [-0.3, -0.25) is 4.79 Å². The van der Waals surface area contributed by atoms with Gasteiger partial charge in [0.1, 0.15) is 0 Å². The zero-order valence-electron chi connectivity index (χ0n) is 9.49. The second-order valence-electron chi connectivity index (χ2n) is 3.83. The summed E-state index contributed by atoms with van der Waals surface area (Å²) in [5.41, 5.74) is 1.61. The highest BCUT2D eigenvalue weighted by atomic mass is 16.5. The Balaban J connectivity index is 2.25. The highest BCUT2D eigenvalue weighted by Crippen LogP contribution is 2.42. The van der Waals surface area contributed by atoms with Gasteiger partial charge >= 0.3 is 6.01 Å². The third-order valence-electron chi connectivity index (χ3n) is 2.54. The number of aromatic nitrogens is 2. The van der Waals surface area contributed by atoms with Crippen LogP contribution in [-0.2, 0) is 4.79 Å². The predicted octanol–water partition coefficient (Wildman–Crippen LogP) is 1.71. The van der Waals surface area contributed by atoms with Gasteiger partial charge in [0.2, 0.25) is 5.91 Å². The molecule has 5 heteroatoms. The number of hydrogen-bond acceptors (Lipinski definition) is 4. The van der Waals surface area contributed by atoms with Crippen molar-refractivity contribution in [3.63, 3.8) is 0 Å². The topological polar surface area (TPSA) is 64.1 Å². The molecule has 1 amide bonds. The third-order valence-corrected chi connectivity index (χ3v) is 2.54. The molecule has 0 saturated heterocycles. The van der Waals surface area contributed by atoms with E-state index in [0.29, 0.717) is 18.3 Å². The Bertz CT molecular complexity index is 402. The highest BCUT2D eigenvalue weighted by molar-refractivity contribution is 5.91. The maximum Gasteiger partial charge on any atom is 0.316 e. The van der Waals surface area contributed by atoms with Crippen LogP contribution in [0, 0.1) is 0 Å². The Morgan fingerprint density at radius 1 is 1.62 bits per heavy atom. The first-order chi connectivity index (χ1) is 7.74. The maximum atomic E-state index is 11.3. The normalized spacial score (nSPS) is 14.6. The molecule has 1 aliphatic carbocycles. The lowest BCUT2D eigenvalue weighted by Gasteiger charge is -2.09. The summed E-state index contributed by atoms with van der Waals surface area (Å²) in [6, 6.07) is 0.358. The number of methoxy groups -OCH3 is 1. The van der Waals surface area contributed by atoms with E-state index in [2.05, 4.69) is 15.3 Å². The van der Waals surface area contributed by atoms with E-state index in [-0.39, 0.29) is 5.91 Å². The first-order valence-electron chi connectivity index (χ1n) is 5.45. The molecule has 1 fully saturated rings. The van der Waals surface area contributed by atoms with Crippen LogP contribution in [-0.4, -0.2) is 23.0 Å². The average molecular weight is 221 g/mol. The number of carbonyl (C=O) groups is 1. The number of anilines is 1. The zero-order valence-corrected chi connectivity index (χ0v) is 9.49. The van der Waals surface area contributed by atoms with Crippen LogP contribution in [0.25, 0.3) is 0 Å². The maximum absolute atomic E-state index is 11.3. The highest BCUT2D eigenvalue weighted by Gasteiger charge is 2.29. The Labute approximate surface area is 94.2 Å². The van der Waals surface area contributed by atoms with Gasteiger partial charge in [0.15, 0.2) is 0 Å². The number of nitrogens with one attached hydrogen (secondary N) is 1. The summed E-state index contributed by atoms with van der Waals surface area (Å²) in [4.78, 5) is 19.6. The van der Waals surface area contributed by atoms with Gasteiger partial charge in [0, 0.05) is 12.3 Å². The smallest absolute Gasteiger partial charge is 0.316 e. The first-order valence-corrected chi connectivity index (χ1v) is 5.45. The van der Waals surface area contributed by atoms with Crippen LogP contribution in [0.3, 0.4) is 0 Å². The Morgan fingerprint density at radius 2 is 2.38 bits per heavy atom. The minimum Gasteiger partial charge on any atom is -0.467 e. The van der Waals surface area contributed by atoms with Gasteiger partial charge in [-0.25, -0.2) is 4.98 Å². The molecule has 0 aliphatic heterocycles. The van der Waals surface area contributed by atoms with Crippen LogP contribution >= 0.6 is 0 Å². The molecule has 2 rings (SSSR count). The van der Waals surface area contributed by atoms with Gasteiger partial charge in [-0.2, -0.15) is 4.98 Å². The molecule has 0 spiro atoms. The average Bonchev–Trinajstić information content (AvgIpc) is 3.13. The lowest BCUT2D eigenvalue weighted by molar-refractivity contribution is -0.115. The van der Waals surface area contributed by atoms with Crippen molar-refractivity contribution in [2.75, 3.05) is 12.4 Å². The second-order valence-corrected chi connectivity index (χ2v) is 3.83. The number of nitrogens with zero attached hydrogens (tertiary/aromatic N) is 2. The minimum atomic E-state index is -0.0179. The lowest BCUT2D eigenvalue weighted by Crippen LogP contribution is -2.12.